The van der Waals surface area contributed by atoms with Crippen LogP contribution in [0.5, 0.6) is 0 Å². The van der Waals surface area contributed by atoms with Crippen molar-refractivity contribution >= 4 is 24.8 Å². The molecule has 0 saturated carbocycles. The molecule has 1 nitrogen and oxygen atoms in total. The highest BCUT2D eigenvalue weighted by Crippen LogP contribution is 2.03. The summed E-state index contributed by atoms with van der Waals surface area (Å²) in [6.07, 6.45) is 1.64. The van der Waals surface area contributed by atoms with Crippen LogP contribution < -0.4 is 0 Å². The summed E-state index contributed by atoms with van der Waals surface area (Å²) in [4.78, 5) is 0. The first-order valence-corrected chi connectivity index (χ1v) is 4.01. The molecule has 0 saturated heterocycles. The van der Waals surface area contributed by atoms with Crippen molar-refractivity contribution in [1.29, 1.82) is 0 Å². The minimum atomic E-state index is -0.185. The van der Waals surface area contributed by atoms with Crippen molar-refractivity contribution in [2.45, 2.75) is 25.9 Å². The van der Waals surface area contributed by atoms with Crippen molar-refractivity contribution in [3.8, 4) is 0 Å². The Labute approximate surface area is 92.0 Å². The third-order valence-corrected chi connectivity index (χ3v) is 1.69. The second-order valence-electron chi connectivity index (χ2n) is 2.87. The molecular weight excluding hydrogens is 207 g/mol. The molecule has 1 rings (SSSR count). The first kappa shape index (κ1) is 15.2. The predicted octanol–water partition coefficient (Wildman–Crippen LogP) is 2.84. The fraction of sp³-hybridized carbons (Fsp3) is 0.400. The topological polar surface area (TPSA) is 20.2 Å². The fourth-order valence-electron chi connectivity index (χ4n) is 1.02. The van der Waals surface area contributed by atoms with Gasteiger partial charge in [-0.3, -0.25) is 0 Å². The average molecular weight is 223 g/mol. The van der Waals surface area contributed by atoms with Gasteiger partial charge in [0.1, 0.15) is 0 Å². The minimum Gasteiger partial charge on any atom is -0.393 e. The molecule has 1 aromatic carbocycles. The number of hydrogen-bond donors (Lipinski definition) is 1. The molecule has 0 bridgehead atoms. The zero-order valence-corrected chi connectivity index (χ0v) is 9.28. The van der Waals surface area contributed by atoms with Gasteiger partial charge in [0.15, 0.2) is 0 Å². The van der Waals surface area contributed by atoms with Crippen LogP contribution in [0.4, 0.5) is 0 Å². The molecule has 0 aromatic heterocycles. The lowest BCUT2D eigenvalue weighted by atomic mass is 10.1. The lowest BCUT2D eigenvalue weighted by molar-refractivity contribution is 0.185. The Kier molecular flexibility index (Phi) is 9.80. The van der Waals surface area contributed by atoms with Crippen LogP contribution in [0.2, 0.25) is 0 Å². The molecule has 1 unspecified atom stereocenters. The molecule has 0 aliphatic carbocycles. The fourth-order valence-corrected chi connectivity index (χ4v) is 1.02. The van der Waals surface area contributed by atoms with Crippen molar-refractivity contribution in [2.24, 2.45) is 0 Å². The van der Waals surface area contributed by atoms with Crippen molar-refractivity contribution in [1.82, 2.24) is 0 Å². The maximum Gasteiger partial charge on any atom is 0.0515 e. The van der Waals surface area contributed by atoms with Crippen molar-refractivity contribution in [3.05, 3.63) is 35.9 Å². The van der Waals surface area contributed by atoms with Gasteiger partial charge in [0, 0.05) is 0 Å². The van der Waals surface area contributed by atoms with E-state index in [0.29, 0.717) is 0 Å². The van der Waals surface area contributed by atoms with Crippen LogP contribution in [0, 0.1) is 0 Å². The van der Waals surface area contributed by atoms with E-state index in [0.717, 1.165) is 12.8 Å². The highest BCUT2D eigenvalue weighted by atomic mass is 35.5. The van der Waals surface area contributed by atoms with Gasteiger partial charge in [-0.2, -0.15) is 0 Å². The van der Waals surface area contributed by atoms with Gasteiger partial charge in [-0.05, 0) is 25.3 Å². The van der Waals surface area contributed by atoms with E-state index in [2.05, 4.69) is 12.1 Å². The predicted molar refractivity (Wildman–Crippen MR) is 60.9 cm³/mol. The molecule has 1 atom stereocenters. The maximum atomic E-state index is 9.01. The van der Waals surface area contributed by atoms with Crippen molar-refractivity contribution < 1.29 is 5.11 Å². The lowest BCUT2D eigenvalue weighted by Gasteiger charge is -2.02. The van der Waals surface area contributed by atoms with E-state index in [1.807, 2.05) is 25.1 Å². The average Bonchev–Trinajstić information content (AvgIpc) is 2.03. The molecule has 76 valence electrons. The van der Waals surface area contributed by atoms with Crippen LogP contribution in [-0.2, 0) is 6.42 Å². The first-order chi connectivity index (χ1) is 5.29. The van der Waals surface area contributed by atoms with Crippen LogP contribution in [0.3, 0.4) is 0 Å². The van der Waals surface area contributed by atoms with Crippen LogP contribution in [0.25, 0.3) is 0 Å². The van der Waals surface area contributed by atoms with Crippen LogP contribution in [0.1, 0.15) is 18.9 Å². The second kappa shape index (κ2) is 8.36. The van der Waals surface area contributed by atoms with Gasteiger partial charge in [0.05, 0.1) is 6.10 Å². The second-order valence-corrected chi connectivity index (χ2v) is 2.87. The molecule has 0 spiro atoms. The monoisotopic (exact) mass is 222 g/mol. The van der Waals surface area contributed by atoms with Crippen molar-refractivity contribution in [3.63, 3.8) is 0 Å². The molecule has 13 heavy (non-hydrogen) atoms. The van der Waals surface area contributed by atoms with Gasteiger partial charge < -0.3 is 5.11 Å². The molecule has 0 radical (unpaired) electrons. The van der Waals surface area contributed by atoms with Crippen molar-refractivity contribution in [2.75, 3.05) is 0 Å². The van der Waals surface area contributed by atoms with Gasteiger partial charge in [0.25, 0.3) is 0 Å². The Morgan fingerprint density at radius 2 is 1.69 bits per heavy atom. The summed E-state index contributed by atoms with van der Waals surface area (Å²) in [6.45, 7) is 1.82. The number of aryl methyl sites for hydroxylation is 1. The Hall–Kier alpha value is -0.240. The summed E-state index contributed by atoms with van der Waals surface area (Å²) in [6, 6.07) is 10.2. The van der Waals surface area contributed by atoms with Gasteiger partial charge in [-0.25, -0.2) is 0 Å². The number of rotatable bonds is 3. The van der Waals surface area contributed by atoms with Gasteiger partial charge in [-0.1, -0.05) is 30.3 Å². The van der Waals surface area contributed by atoms with Crippen LogP contribution in [0.15, 0.2) is 30.3 Å². The number of aliphatic hydroxyl groups excluding tert-OH is 1. The summed E-state index contributed by atoms with van der Waals surface area (Å²) in [7, 11) is 0. The van der Waals surface area contributed by atoms with Crippen LogP contribution >= 0.6 is 24.8 Å². The molecule has 0 aliphatic heterocycles. The highest BCUT2D eigenvalue weighted by molar-refractivity contribution is 5.85. The largest absolute Gasteiger partial charge is 0.393 e. The third-order valence-electron chi connectivity index (χ3n) is 1.69. The van der Waals surface area contributed by atoms with Gasteiger partial charge in [-0.15, -0.1) is 24.8 Å². The Morgan fingerprint density at radius 3 is 2.15 bits per heavy atom. The molecule has 0 fully saturated rings. The number of benzene rings is 1. The normalized spacial score (nSPS) is 10.9. The van der Waals surface area contributed by atoms with Crippen LogP contribution in [-0.4, -0.2) is 11.2 Å². The number of halogens is 2. The summed E-state index contributed by atoms with van der Waals surface area (Å²) in [5, 5.41) is 9.01. The van der Waals surface area contributed by atoms with E-state index in [-0.39, 0.29) is 30.9 Å². The lowest BCUT2D eigenvalue weighted by Crippen LogP contribution is -2.00. The van der Waals surface area contributed by atoms with E-state index >= 15 is 0 Å². The zero-order valence-electron chi connectivity index (χ0n) is 7.64. The van der Waals surface area contributed by atoms with Gasteiger partial charge in [0.2, 0.25) is 0 Å². The molecule has 0 amide bonds. The standard InChI is InChI=1S/C10H14O.2ClH/c1-9(11)7-8-10-5-3-2-4-6-10;;/h2-6,9,11H,7-8H2,1H3;2*1H. The van der Waals surface area contributed by atoms with E-state index in [9.17, 15) is 0 Å². The van der Waals surface area contributed by atoms with E-state index in [1.165, 1.54) is 5.56 Å². The molecule has 1 aromatic rings. The first-order valence-electron chi connectivity index (χ1n) is 4.01. The Balaban J connectivity index is 0. The summed E-state index contributed by atoms with van der Waals surface area (Å²) in [5.41, 5.74) is 1.30. The Morgan fingerprint density at radius 1 is 1.15 bits per heavy atom. The summed E-state index contributed by atoms with van der Waals surface area (Å²) < 4.78 is 0. The van der Waals surface area contributed by atoms with E-state index in [4.69, 9.17) is 5.11 Å². The number of hydrogen-bond acceptors (Lipinski definition) is 1. The zero-order chi connectivity index (χ0) is 8.10. The number of aliphatic hydroxyl groups is 1. The SMILES string of the molecule is CC(O)CCc1ccccc1.Cl.Cl. The minimum absolute atomic E-state index is 0. The van der Waals surface area contributed by atoms with Gasteiger partial charge >= 0.3 is 0 Å². The smallest absolute Gasteiger partial charge is 0.0515 e. The highest BCUT2D eigenvalue weighted by Gasteiger charge is 1.95. The molecule has 0 aliphatic rings. The molecule has 0 heterocycles. The molecular formula is C10H16Cl2O. The summed E-state index contributed by atoms with van der Waals surface area (Å²) in [5.74, 6) is 0. The van der Waals surface area contributed by atoms with E-state index in [1.54, 1.807) is 0 Å². The maximum absolute atomic E-state index is 9.01. The molecule has 1 N–H and O–H groups in total. The Bertz CT molecular complexity index is 199. The quantitative estimate of drug-likeness (QED) is 0.835. The third kappa shape index (κ3) is 6.88. The summed E-state index contributed by atoms with van der Waals surface area (Å²) >= 11 is 0. The molecule has 3 heteroatoms. The van der Waals surface area contributed by atoms with E-state index < -0.39 is 0 Å².